The molecule has 6 nitrogen and oxygen atoms in total. The van der Waals surface area contributed by atoms with Crippen LogP contribution in [0.4, 0.5) is 5.69 Å². The number of nitrogens with zero attached hydrogens (tertiary/aromatic N) is 2. The van der Waals surface area contributed by atoms with Crippen LogP contribution in [0.25, 0.3) is 0 Å². The molecule has 1 unspecified atom stereocenters. The maximum atomic E-state index is 12.1. The Morgan fingerprint density at radius 2 is 2.04 bits per heavy atom. The lowest BCUT2D eigenvalue weighted by Gasteiger charge is -2.22. The maximum Gasteiger partial charge on any atom is 0.271 e. The van der Waals surface area contributed by atoms with Crippen LogP contribution in [0, 0.1) is 16.0 Å². The van der Waals surface area contributed by atoms with Crippen molar-refractivity contribution in [2.45, 2.75) is 26.7 Å². The van der Waals surface area contributed by atoms with Gasteiger partial charge in [0, 0.05) is 17.7 Å². The van der Waals surface area contributed by atoms with Crippen molar-refractivity contribution in [3.05, 3.63) is 63.7 Å². The minimum absolute atomic E-state index is 0.0526. The Labute approximate surface area is 134 Å². The highest BCUT2D eigenvalue weighted by Crippen LogP contribution is 2.26. The van der Waals surface area contributed by atoms with Crippen LogP contribution in [0.15, 0.2) is 53.2 Å². The number of nitro benzene ring substituents is 1. The van der Waals surface area contributed by atoms with Crippen LogP contribution < -0.4 is 5.43 Å². The number of carbonyl (C=O) groups is 1. The molecule has 6 heteroatoms. The zero-order valence-electron chi connectivity index (χ0n) is 13.2. The van der Waals surface area contributed by atoms with Crippen molar-refractivity contribution in [3.8, 4) is 0 Å². The van der Waals surface area contributed by atoms with Gasteiger partial charge in [-0.2, -0.15) is 5.10 Å². The van der Waals surface area contributed by atoms with Crippen LogP contribution in [-0.2, 0) is 0 Å². The predicted octanol–water partition coefficient (Wildman–Crippen LogP) is 3.61. The first-order valence-corrected chi connectivity index (χ1v) is 7.32. The number of hydrogen-bond donors (Lipinski definition) is 1. The van der Waals surface area contributed by atoms with Gasteiger partial charge in [0.2, 0.25) is 0 Å². The molecule has 0 saturated heterocycles. The Morgan fingerprint density at radius 1 is 1.39 bits per heavy atom. The predicted molar refractivity (Wildman–Crippen MR) is 89.3 cm³/mol. The molecule has 1 atom stereocenters. The minimum Gasteiger partial charge on any atom is -0.267 e. The molecule has 1 N–H and O–H groups in total. The number of benzene rings is 1. The minimum atomic E-state index is -0.504. The molecular weight excluding hydrogens is 294 g/mol. The number of hydrogen-bond acceptors (Lipinski definition) is 4. The summed E-state index contributed by atoms with van der Waals surface area (Å²) in [4.78, 5) is 22.2. The van der Waals surface area contributed by atoms with Crippen LogP contribution in [0.2, 0.25) is 0 Å². The lowest BCUT2D eigenvalue weighted by molar-refractivity contribution is -0.384. The van der Waals surface area contributed by atoms with Crippen molar-refractivity contribution in [1.82, 2.24) is 5.43 Å². The number of allylic oxidation sites excluding steroid dienone is 3. The summed E-state index contributed by atoms with van der Waals surface area (Å²) >= 11 is 0. The van der Waals surface area contributed by atoms with E-state index in [4.69, 9.17) is 0 Å². The Kier molecular flexibility index (Phi) is 5.05. The highest BCUT2D eigenvalue weighted by Gasteiger charge is 2.19. The first-order chi connectivity index (χ1) is 10.9. The van der Waals surface area contributed by atoms with Gasteiger partial charge in [0.25, 0.3) is 11.6 Å². The van der Waals surface area contributed by atoms with Crippen molar-refractivity contribution >= 4 is 17.3 Å². The van der Waals surface area contributed by atoms with Gasteiger partial charge < -0.3 is 0 Å². The third-order valence-electron chi connectivity index (χ3n) is 3.93. The summed E-state index contributed by atoms with van der Waals surface area (Å²) in [7, 11) is 0. The third-order valence-corrected chi connectivity index (χ3v) is 3.93. The molecule has 1 aromatic carbocycles. The smallest absolute Gasteiger partial charge is 0.267 e. The van der Waals surface area contributed by atoms with Crippen molar-refractivity contribution < 1.29 is 9.72 Å². The van der Waals surface area contributed by atoms with E-state index >= 15 is 0 Å². The van der Waals surface area contributed by atoms with Gasteiger partial charge in [0.15, 0.2) is 0 Å². The van der Waals surface area contributed by atoms with Gasteiger partial charge in [-0.05, 0) is 50.3 Å². The largest absolute Gasteiger partial charge is 0.271 e. The molecule has 0 heterocycles. The Balaban J connectivity index is 2.07. The first kappa shape index (κ1) is 16.6. The van der Waals surface area contributed by atoms with Gasteiger partial charge in [-0.25, -0.2) is 5.43 Å². The summed E-state index contributed by atoms with van der Waals surface area (Å²) in [6.07, 6.45) is 3.79. The van der Waals surface area contributed by atoms with Gasteiger partial charge in [0.05, 0.1) is 10.6 Å². The number of nitrogens with one attached hydrogen (secondary N) is 1. The summed E-state index contributed by atoms with van der Waals surface area (Å²) in [5.74, 6) is -0.0497. The van der Waals surface area contributed by atoms with E-state index in [1.165, 1.54) is 24.3 Å². The molecule has 0 spiro atoms. The normalized spacial score (nSPS) is 19.1. The maximum absolute atomic E-state index is 12.1. The molecular formula is C17H19N3O3. The molecule has 120 valence electrons. The van der Waals surface area contributed by atoms with Gasteiger partial charge in [-0.15, -0.1) is 0 Å². The molecule has 0 saturated carbocycles. The molecule has 0 bridgehead atoms. The fourth-order valence-corrected chi connectivity index (χ4v) is 2.34. The van der Waals surface area contributed by atoms with Gasteiger partial charge in [0.1, 0.15) is 0 Å². The second kappa shape index (κ2) is 7.00. The zero-order chi connectivity index (χ0) is 17.0. The number of amides is 1. The van der Waals surface area contributed by atoms with Gasteiger partial charge in [-0.1, -0.05) is 18.2 Å². The molecule has 23 heavy (non-hydrogen) atoms. The summed E-state index contributed by atoms with van der Waals surface area (Å²) in [6.45, 7) is 7.93. The summed E-state index contributed by atoms with van der Waals surface area (Å²) in [6, 6.07) is 5.41. The Bertz CT molecular complexity index is 702. The van der Waals surface area contributed by atoms with E-state index in [0.29, 0.717) is 11.5 Å². The SMILES string of the molecule is C=C(C)C1CC=C(C)/C(=N/NC(=O)c2ccc([N+](=O)[O-])cc2)C1. The lowest BCUT2D eigenvalue weighted by atomic mass is 9.85. The van der Waals surface area contributed by atoms with E-state index < -0.39 is 10.8 Å². The topological polar surface area (TPSA) is 84.6 Å². The molecule has 1 aromatic rings. The molecule has 0 fully saturated rings. The molecule has 0 aliphatic heterocycles. The van der Waals surface area contributed by atoms with E-state index in [2.05, 4.69) is 23.2 Å². The quantitative estimate of drug-likeness (QED) is 0.523. The Morgan fingerprint density at radius 3 is 2.61 bits per heavy atom. The average molecular weight is 313 g/mol. The molecule has 1 aliphatic rings. The molecule has 0 aromatic heterocycles. The standard InChI is InChI=1S/C17H19N3O3/c1-11(2)14-5-4-12(3)16(10-14)18-19-17(21)13-6-8-15(9-7-13)20(22)23/h4,6-9,14H,1,5,10H2,2-3H3,(H,19,21)/b18-16+. The monoisotopic (exact) mass is 313 g/mol. The summed E-state index contributed by atoms with van der Waals surface area (Å²) in [5.41, 5.74) is 5.77. The van der Waals surface area contributed by atoms with Crippen LogP contribution in [-0.4, -0.2) is 16.5 Å². The second-order valence-electron chi connectivity index (χ2n) is 5.67. The third kappa shape index (κ3) is 4.12. The van der Waals surface area contributed by atoms with Crippen LogP contribution in [0.1, 0.15) is 37.0 Å². The molecule has 1 amide bonds. The zero-order valence-corrected chi connectivity index (χ0v) is 13.2. The molecule has 0 radical (unpaired) electrons. The number of hydrazone groups is 1. The van der Waals surface area contributed by atoms with Crippen molar-refractivity contribution in [1.29, 1.82) is 0 Å². The molecule has 2 rings (SSSR count). The van der Waals surface area contributed by atoms with Crippen LogP contribution >= 0.6 is 0 Å². The summed E-state index contributed by atoms with van der Waals surface area (Å²) < 4.78 is 0. The number of carbonyl (C=O) groups excluding carboxylic acids is 1. The van der Waals surface area contributed by atoms with E-state index in [1.54, 1.807) is 0 Å². The molecule has 1 aliphatic carbocycles. The fraction of sp³-hybridized carbons (Fsp3) is 0.294. The highest BCUT2D eigenvalue weighted by molar-refractivity contribution is 6.02. The second-order valence-corrected chi connectivity index (χ2v) is 5.67. The van der Waals surface area contributed by atoms with Crippen molar-refractivity contribution in [3.63, 3.8) is 0 Å². The van der Waals surface area contributed by atoms with E-state index in [1.807, 2.05) is 13.8 Å². The Hall–Kier alpha value is -2.76. The van der Waals surface area contributed by atoms with Crippen LogP contribution in [0.5, 0.6) is 0 Å². The fourth-order valence-electron chi connectivity index (χ4n) is 2.34. The first-order valence-electron chi connectivity index (χ1n) is 7.32. The average Bonchev–Trinajstić information content (AvgIpc) is 2.53. The number of nitro groups is 1. The number of rotatable bonds is 4. The summed E-state index contributed by atoms with van der Waals surface area (Å²) in [5, 5.41) is 14.8. The van der Waals surface area contributed by atoms with E-state index in [9.17, 15) is 14.9 Å². The van der Waals surface area contributed by atoms with Gasteiger partial charge >= 0.3 is 0 Å². The van der Waals surface area contributed by atoms with Crippen molar-refractivity contribution in [2.75, 3.05) is 0 Å². The van der Waals surface area contributed by atoms with Crippen LogP contribution in [0.3, 0.4) is 0 Å². The van der Waals surface area contributed by atoms with Crippen molar-refractivity contribution in [2.24, 2.45) is 11.0 Å². The van der Waals surface area contributed by atoms with E-state index in [0.717, 1.165) is 29.7 Å². The van der Waals surface area contributed by atoms with Gasteiger partial charge in [-0.3, -0.25) is 14.9 Å². The number of non-ortho nitro benzene ring substituents is 1. The highest BCUT2D eigenvalue weighted by atomic mass is 16.6. The van der Waals surface area contributed by atoms with E-state index in [-0.39, 0.29) is 5.69 Å². The lowest BCUT2D eigenvalue weighted by Crippen LogP contribution is -2.23.